The molecule has 0 radical (unpaired) electrons. The Morgan fingerprint density at radius 3 is 2.90 bits per heavy atom. The van der Waals surface area contributed by atoms with Gasteiger partial charge < -0.3 is 10.1 Å². The zero-order valence-electron chi connectivity index (χ0n) is 9.91. The van der Waals surface area contributed by atoms with Crippen molar-refractivity contribution in [2.24, 2.45) is 0 Å². The normalized spacial score (nSPS) is 19.5. The number of fused-ring (bicyclic) bond motifs is 1. The van der Waals surface area contributed by atoms with Gasteiger partial charge in [0, 0.05) is 10.6 Å². The maximum Gasteiger partial charge on any atom is 0.263 e. The predicted octanol–water partition coefficient (Wildman–Crippen LogP) is 3.80. The first-order valence-electron chi connectivity index (χ1n) is 5.60. The van der Waals surface area contributed by atoms with Crippen molar-refractivity contribution in [3.63, 3.8) is 0 Å². The first-order chi connectivity index (χ1) is 9.52. The third-order valence-electron chi connectivity index (χ3n) is 2.72. The lowest BCUT2D eigenvalue weighted by Crippen LogP contribution is -2.18. The van der Waals surface area contributed by atoms with E-state index in [1.807, 2.05) is 6.08 Å². The number of rotatable bonds is 1. The third-order valence-corrected chi connectivity index (χ3v) is 4.38. The Balaban J connectivity index is 1.97. The van der Waals surface area contributed by atoms with E-state index in [2.05, 4.69) is 5.32 Å². The molecule has 1 fully saturated rings. The molecule has 1 aromatic carbocycles. The van der Waals surface area contributed by atoms with Crippen LogP contribution in [0.25, 0.3) is 6.08 Å². The fourth-order valence-electron chi connectivity index (χ4n) is 1.91. The van der Waals surface area contributed by atoms with Crippen LogP contribution in [0.3, 0.4) is 0 Å². The molecule has 2 aliphatic rings. The van der Waals surface area contributed by atoms with Crippen LogP contribution in [0.4, 0.5) is 0 Å². The number of thioether (sulfide) groups is 1. The van der Waals surface area contributed by atoms with Crippen LogP contribution >= 0.6 is 47.2 Å². The summed E-state index contributed by atoms with van der Waals surface area (Å²) in [6.07, 6.45) is 3.66. The van der Waals surface area contributed by atoms with Crippen LogP contribution in [0.15, 0.2) is 28.7 Å². The van der Waals surface area contributed by atoms with E-state index < -0.39 is 0 Å². The van der Waals surface area contributed by atoms with Gasteiger partial charge in [-0.15, -0.1) is 0 Å². The van der Waals surface area contributed by atoms with Crippen LogP contribution in [-0.2, 0) is 4.79 Å². The molecule has 1 saturated heterocycles. The number of nitrogens with one attached hydrogen (secondary N) is 1. The van der Waals surface area contributed by atoms with Crippen molar-refractivity contribution >= 4 is 63.5 Å². The lowest BCUT2D eigenvalue weighted by molar-refractivity contribution is -0.115. The van der Waals surface area contributed by atoms with E-state index in [-0.39, 0.29) is 5.91 Å². The molecule has 0 spiro atoms. The van der Waals surface area contributed by atoms with Crippen LogP contribution in [0.1, 0.15) is 5.56 Å². The molecule has 3 nitrogen and oxygen atoms in total. The number of benzene rings is 1. The van der Waals surface area contributed by atoms with Gasteiger partial charge in [-0.1, -0.05) is 47.2 Å². The van der Waals surface area contributed by atoms with E-state index in [9.17, 15) is 4.79 Å². The molecule has 1 amide bonds. The van der Waals surface area contributed by atoms with Gasteiger partial charge in [0.1, 0.15) is 16.7 Å². The summed E-state index contributed by atoms with van der Waals surface area (Å²) in [6.45, 7) is 0.346. The molecular formula is C13H7Cl2NO2S2. The van der Waals surface area contributed by atoms with E-state index in [1.54, 1.807) is 18.2 Å². The van der Waals surface area contributed by atoms with Crippen molar-refractivity contribution in [2.45, 2.75) is 0 Å². The smallest absolute Gasteiger partial charge is 0.263 e. The van der Waals surface area contributed by atoms with E-state index in [1.165, 1.54) is 11.8 Å². The molecule has 0 atom stereocenters. The number of hydrogen-bond donors (Lipinski definition) is 1. The number of ether oxygens (including phenoxy) is 1. The molecule has 2 heterocycles. The highest BCUT2D eigenvalue weighted by molar-refractivity contribution is 8.26. The van der Waals surface area contributed by atoms with Gasteiger partial charge in [0.25, 0.3) is 5.91 Å². The first kappa shape index (κ1) is 13.9. The van der Waals surface area contributed by atoms with E-state index in [0.717, 1.165) is 11.1 Å². The Morgan fingerprint density at radius 2 is 2.20 bits per heavy atom. The van der Waals surface area contributed by atoms with Crippen LogP contribution in [0.5, 0.6) is 5.75 Å². The highest BCUT2D eigenvalue weighted by Gasteiger charge is 2.23. The number of amides is 1. The summed E-state index contributed by atoms with van der Waals surface area (Å²) >= 11 is 18.2. The van der Waals surface area contributed by atoms with E-state index >= 15 is 0 Å². The fourth-order valence-corrected chi connectivity index (χ4v) is 3.53. The molecule has 102 valence electrons. The van der Waals surface area contributed by atoms with Gasteiger partial charge in [-0.25, -0.2) is 0 Å². The Labute approximate surface area is 135 Å². The number of halogens is 2. The number of carbonyl (C=O) groups excluding carboxylic acids is 1. The molecule has 3 rings (SSSR count). The maximum absolute atomic E-state index is 11.6. The molecule has 0 aromatic heterocycles. The summed E-state index contributed by atoms with van der Waals surface area (Å²) in [6, 6.07) is 3.41. The second-order valence-electron chi connectivity index (χ2n) is 4.17. The minimum Gasteiger partial charge on any atom is -0.487 e. The topological polar surface area (TPSA) is 38.3 Å². The minimum atomic E-state index is -0.184. The van der Waals surface area contributed by atoms with Crippen molar-refractivity contribution in [3.8, 4) is 5.75 Å². The van der Waals surface area contributed by atoms with Crippen LogP contribution in [0.2, 0.25) is 10.0 Å². The lowest BCUT2D eigenvalue weighted by atomic mass is 10.1. The van der Waals surface area contributed by atoms with Gasteiger partial charge in [-0.2, -0.15) is 0 Å². The minimum absolute atomic E-state index is 0.184. The van der Waals surface area contributed by atoms with Crippen molar-refractivity contribution in [1.29, 1.82) is 0 Å². The maximum atomic E-state index is 11.6. The van der Waals surface area contributed by atoms with Crippen molar-refractivity contribution in [1.82, 2.24) is 5.32 Å². The van der Waals surface area contributed by atoms with Crippen molar-refractivity contribution in [3.05, 3.63) is 44.3 Å². The molecule has 0 bridgehead atoms. The summed E-state index contributed by atoms with van der Waals surface area (Å²) in [7, 11) is 0. The lowest BCUT2D eigenvalue weighted by Gasteiger charge is -2.17. The zero-order valence-corrected chi connectivity index (χ0v) is 13.1. The quantitative estimate of drug-likeness (QED) is 0.621. The van der Waals surface area contributed by atoms with E-state index in [0.29, 0.717) is 31.6 Å². The van der Waals surface area contributed by atoms with E-state index in [4.69, 9.17) is 40.2 Å². The standard InChI is InChI=1S/C13H7Cl2NO2S2/c14-8-3-7-1-6(5-18-11(7)9(15)4-8)2-10-12(17)16-13(19)20-10/h1-4H,5H2,(H,16,17,19). The summed E-state index contributed by atoms with van der Waals surface area (Å²) in [5, 5.41) is 3.59. The molecule has 0 aliphatic carbocycles. The van der Waals surface area contributed by atoms with Crippen LogP contribution in [0, 0.1) is 0 Å². The van der Waals surface area contributed by atoms with Crippen LogP contribution in [-0.4, -0.2) is 16.8 Å². The largest absolute Gasteiger partial charge is 0.487 e. The average Bonchev–Trinajstić information content (AvgIpc) is 2.67. The van der Waals surface area contributed by atoms with Gasteiger partial charge in [0.2, 0.25) is 0 Å². The van der Waals surface area contributed by atoms with Gasteiger partial charge in [-0.05, 0) is 29.9 Å². The van der Waals surface area contributed by atoms with Gasteiger partial charge in [0.15, 0.2) is 0 Å². The SMILES string of the molecule is O=C1NC(=S)SC1=CC1=Cc2cc(Cl)cc(Cl)c2OC1. The second-order valence-corrected chi connectivity index (χ2v) is 6.73. The van der Waals surface area contributed by atoms with Gasteiger partial charge >= 0.3 is 0 Å². The average molecular weight is 344 g/mol. The number of hydrogen-bond acceptors (Lipinski definition) is 4. The third kappa shape index (κ3) is 2.72. The Morgan fingerprint density at radius 1 is 1.40 bits per heavy atom. The van der Waals surface area contributed by atoms with Crippen LogP contribution < -0.4 is 10.1 Å². The van der Waals surface area contributed by atoms with Crippen molar-refractivity contribution in [2.75, 3.05) is 6.61 Å². The highest BCUT2D eigenvalue weighted by atomic mass is 35.5. The highest BCUT2D eigenvalue weighted by Crippen LogP contribution is 2.37. The monoisotopic (exact) mass is 343 g/mol. The second kappa shape index (κ2) is 5.41. The Kier molecular flexibility index (Phi) is 3.77. The van der Waals surface area contributed by atoms with Crippen molar-refractivity contribution < 1.29 is 9.53 Å². The molecule has 20 heavy (non-hydrogen) atoms. The Bertz CT molecular complexity index is 698. The summed E-state index contributed by atoms with van der Waals surface area (Å²) < 4.78 is 6.08. The Hall–Kier alpha value is -1.01. The molecule has 0 saturated carbocycles. The molecule has 1 aromatic rings. The fraction of sp³-hybridized carbons (Fsp3) is 0.0769. The summed E-state index contributed by atoms with van der Waals surface area (Å²) in [5.41, 5.74) is 1.66. The number of thiocarbonyl (C=S) groups is 1. The molecule has 1 N–H and O–H groups in total. The zero-order chi connectivity index (χ0) is 14.3. The predicted molar refractivity (Wildman–Crippen MR) is 86.3 cm³/mol. The van der Waals surface area contributed by atoms with Gasteiger partial charge in [0.05, 0.1) is 9.93 Å². The molecular weight excluding hydrogens is 337 g/mol. The summed E-state index contributed by atoms with van der Waals surface area (Å²) in [4.78, 5) is 12.2. The summed E-state index contributed by atoms with van der Waals surface area (Å²) in [5.74, 6) is 0.424. The molecule has 7 heteroatoms. The first-order valence-corrected chi connectivity index (χ1v) is 7.58. The molecule has 2 aliphatic heterocycles. The van der Waals surface area contributed by atoms with Gasteiger partial charge in [-0.3, -0.25) is 4.79 Å². The number of carbonyl (C=O) groups is 1. The molecule has 0 unspecified atom stereocenters.